The van der Waals surface area contributed by atoms with Crippen LogP contribution >= 0.6 is 0 Å². The minimum Gasteiger partial charge on any atom is -0.505 e. The summed E-state index contributed by atoms with van der Waals surface area (Å²) in [6.45, 7) is 4.90. The van der Waals surface area contributed by atoms with Gasteiger partial charge >= 0.3 is 28.8 Å². The molecule has 1 fully saturated rings. The van der Waals surface area contributed by atoms with Crippen molar-refractivity contribution in [3.05, 3.63) is 91.1 Å². The summed E-state index contributed by atoms with van der Waals surface area (Å²) >= 11 is 0. The summed E-state index contributed by atoms with van der Waals surface area (Å²) in [6.07, 6.45) is 9.05. The summed E-state index contributed by atoms with van der Waals surface area (Å²) < 4.78 is 27.7. The molecule has 1 saturated heterocycles. The zero-order chi connectivity index (χ0) is 30.6. The van der Waals surface area contributed by atoms with Gasteiger partial charge in [0.15, 0.2) is 23.6 Å². The molecule has 1 aliphatic heterocycles. The molecule has 1 aromatic heterocycles. The van der Waals surface area contributed by atoms with Gasteiger partial charge in [0, 0.05) is 18.2 Å². The van der Waals surface area contributed by atoms with E-state index in [9.17, 15) is 24.6 Å². The van der Waals surface area contributed by atoms with Crippen molar-refractivity contribution in [2.24, 2.45) is 5.73 Å². The normalized spacial score (nSPS) is 22.1. The topological polar surface area (TPSA) is 180 Å². The number of carbonyl (C=O) groups is 2. The van der Waals surface area contributed by atoms with Crippen LogP contribution in [-0.4, -0.2) is 59.5 Å². The molecule has 0 saturated carbocycles. The minimum atomic E-state index is -1.49. The van der Waals surface area contributed by atoms with Gasteiger partial charge in [0.1, 0.15) is 17.4 Å². The number of nitrogens with two attached hydrogens (primary N) is 1. The Morgan fingerprint density at radius 3 is 2.31 bits per heavy atom. The number of rotatable bonds is 6. The number of amides is 2. The predicted molar refractivity (Wildman–Crippen MR) is 166 cm³/mol. The monoisotopic (exact) mass is 668 g/mol. The van der Waals surface area contributed by atoms with Crippen molar-refractivity contribution >= 4 is 28.7 Å². The number of allylic oxidation sites excluding steroid dienone is 7. The quantitative estimate of drug-likeness (QED) is 0.196. The molecule has 5 rings (SSSR count). The SMILES string of the molecule is C1=CCC=C1.COC1C(OC(N)=O)C(O)C(Oc2ccc3c(O)c(NC(=O)C4=CC=CC4)c(=O)oc3c2C)OC1(C)C.[CH3-].[CH3-].[Fe+2]. The Morgan fingerprint density at radius 1 is 1.11 bits per heavy atom. The number of hydrogen-bond donors (Lipinski definition) is 4. The Balaban J connectivity index is 0.00000115. The maximum atomic E-state index is 12.7. The molecule has 4 unspecified atom stereocenters. The van der Waals surface area contributed by atoms with Crippen LogP contribution in [0.25, 0.3) is 11.0 Å². The predicted octanol–water partition coefficient (Wildman–Crippen LogP) is 4.39. The van der Waals surface area contributed by atoms with Gasteiger partial charge in [0.25, 0.3) is 5.91 Å². The number of anilines is 1. The first-order valence-corrected chi connectivity index (χ1v) is 13.2. The molecule has 4 atom stereocenters. The van der Waals surface area contributed by atoms with Crippen LogP contribution in [0, 0.1) is 21.8 Å². The maximum Gasteiger partial charge on any atom is 2.00 e. The Morgan fingerprint density at radius 2 is 1.78 bits per heavy atom. The average Bonchev–Trinajstić information content (AvgIpc) is 3.68. The molecule has 2 aromatic rings. The fourth-order valence-corrected chi connectivity index (χ4v) is 4.88. The van der Waals surface area contributed by atoms with Gasteiger partial charge < -0.3 is 59.5 Å². The van der Waals surface area contributed by atoms with E-state index < -0.39 is 53.6 Å². The summed E-state index contributed by atoms with van der Waals surface area (Å²) in [6, 6.07) is 2.90. The molecule has 45 heavy (non-hydrogen) atoms. The molecule has 13 heteroatoms. The fourth-order valence-electron chi connectivity index (χ4n) is 4.88. The number of aromatic hydroxyl groups is 1. The Bertz CT molecular complexity index is 1530. The number of primary amides is 1. The summed E-state index contributed by atoms with van der Waals surface area (Å²) in [7, 11) is 1.38. The summed E-state index contributed by atoms with van der Waals surface area (Å²) in [5.74, 6) is -0.840. The number of aliphatic hydroxyl groups is 1. The molecule has 12 nitrogen and oxygen atoms in total. The molecule has 2 heterocycles. The van der Waals surface area contributed by atoms with Crippen LogP contribution in [0.2, 0.25) is 0 Å². The second kappa shape index (κ2) is 16.4. The van der Waals surface area contributed by atoms with Crippen LogP contribution in [0.5, 0.6) is 11.5 Å². The summed E-state index contributed by atoms with van der Waals surface area (Å²) in [4.78, 5) is 36.5. The molecule has 2 aliphatic carbocycles. The van der Waals surface area contributed by atoms with Gasteiger partial charge in [-0.05, 0) is 45.7 Å². The number of methoxy groups -OCH3 is 1. The molecular formula is C32H40FeN2O10. The van der Waals surface area contributed by atoms with Crippen LogP contribution in [-0.2, 0) is 36.1 Å². The summed E-state index contributed by atoms with van der Waals surface area (Å²) in [5.41, 5.74) is 3.51. The van der Waals surface area contributed by atoms with Crippen molar-refractivity contribution in [3.8, 4) is 11.5 Å². The zero-order valence-electron chi connectivity index (χ0n) is 26.0. The van der Waals surface area contributed by atoms with E-state index >= 15 is 0 Å². The van der Waals surface area contributed by atoms with Gasteiger partial charge in [-0.3, -0.25) is 4.79 Å². The largest absolute Gasteiger partial charge is 2.00 e. The van der Waals surface area contributed by atoms with Crippen molar-refractivity contribution in [2.45, 2.75) is 63.8 Å². The first kappa shape index (κ1) is 39.2. The Hall–Kier alpha value is -3.87. The molecule has 0 radical (unpaired) electrons. The third-order valence-electron chi connectivity index (χ3n) is 6.97. The number of nitrogens with one attached hydrogen (secondary N) is 1. The molecule has 2 amide bonds. The van der Waals surface area contributed by atoms with Crippen molar-refractivity contribution in [1.29, 1.82) is 0 Å². The standard InChI is InChI=1S/C25H28N2O10.C5H6.2CH3.Fe/c1-11-14(34-23-17(29)19(36-24(26)32)20(33-4)25(2,3)37-23)10-9-13-16(28)15(22(31)35-18(11)13)27-21(30)12-7-5-6-8-12;1-2-4-5-3-1;;;/h5-7,9-10,17,19-20,23,28-29H,8H2,1-4H3,(H2,26,32)(H,27,30);1-4H,5H2;2*1H3;/q;;2*-1;+2. The van der Waals surface area contributed by atoms with E-state index in [0.717, 1.165) is 6.42 Å². The van der Waals surface area contributed by atoms with E-state index in [1.807, 2.05) is 0 Å². The maximum absolute atomic E-state index is 12.7. The van der Waals surface area contributed by atoms with Crippen LogP contribution in [0.15, 0.2) is 69.4 Å². The Labute approximate surface area is 273 Å². The van der Waals surface area contributed by atoms with Gasteiger partial charge in [0.05, 0.1) is 11.0 Å². The number of aliphatic hydroxyl groups excluding tert-OH is 1. The van der Waals surface area contributed by atoms with Gasteiger partial charge in [-0.15, -0.1) is 0 Å². The number of hydrogen-bond acceptors (Lipinski definition) is 10. The average molecular weight is 669 g/mol. The molecule has 5 N–H and O–H groups in total. The van der Waals surface area contributed by atoms with E-state index in [4.69, 9.17) is 29.1 Å². The fraction of sp³-hybridized carbons (Fsp3) is 0.344. The van der Waals surface area contributed by atoms with Gasteiger partial charge in [-0.25, -0.2) is 9.59 Å². The van der Waals surface area contributed by atoms with Gasteiger partial charge in [0.2, 0.25) is 6.29 Å². The molecule has 1 aromatic carbocycles. The number of aryl methyl sites for hydroxylation is 1. The van der Waals surface area contributed by atoms with E-state index in [1.165, 1.54) is 19.2 Å². The second-order valence-corrected chi connectivity index (χ2v) is 10.3. The molecular weight excluding hydrogens is 628 g/mol. The third kappa shape index (κ3) is 8.65. The van der Waals surface area contributed by atoms with E-state index in [0.29, 0.717) is 17.6 Å². The number of benzene rings is 1. The second-order valence-electron chi connectivity index (χ2n) is 10.3. The van der Waals surface area contributed by atoms with E-state index in [1.54, 1.807) is 39.0 Å². The van der Waals surface area contributed by atoms with E-state index in [-0.39, 0.29) is 54.3 Å². The van der Waals surface area contributed by atoms with Crippen molar-refractivity contribution in [3.63, 3.8) is 0 Å². The number of carbonyl (C=O) groups excluding carboxylic acids is 2. The van der Waals surface area contributed by atoms with Crippen LogP contribution in [0.1, 0.15) is 32.3 Å². The van der Waals surface area contributed by atoms with Gasteiger partial charge in [-0.1, -0.05) is 42.5 Å². The van der Waals surface area contributed by atoms with Crippen molar-refractivity contribution in [1.82, 2.24) is 0 Å². The van der Waals surface area contributed by atoms with Crippen molar-refractivity contribution < 1.29 is 60.2 Å². The smallest absolute Gasteiger partial charge is 0.505 e. The molecule has 3 aliphatic rings. The van der Waals surface area contributed by atoms with Crippen LogP contribution < -0.4 is 21.4 Å². The van der Waals surface area contributed by atoms with Crippen LogP contribution in [0.4, 0.5) is 10.5 Å². The molecule has 0 bridgehead atoms. The first-order chi connectivity index (χ1) is 19.9. The first-order valence-electron chi connectivity index (χ1n) is 13.2. The van der Waals surface area contributed by atoms with Gasteiger partial charge in [-0.2, -0.15) is 0 Å². The number of ether oxygens (including phenoxy) is 4. The third-order valence-corrected chi connectivity index (χ3v) is 6.97. The molecule has 246 valence electrons. The minimum absolute atomic E-state index is 0. The zero-order valence-corrected chi connectivity index (χ0v) is 27.1. The Kier molecular flexibility index (Phi) is 14.3. The summed E-state index contributed by atoms with van der Waals surface area (Å²) in [5, 5.41) is 24.2. The van der Waals surface area contributed by atoms with Crippen molar-refractivity contribution in [2.75, 3.05) is 12.4 Å². The van der Waals surface area contributed by atoms with E-state index in [2.05, 4.69) is 29.6 Å². The molecule has 0 spiro atoms. The number of fused-ring (bicyclic) bond motifs is 1. The van der Waals surface area contributed by atoms with Crippen LogP contribution in [0.3, 0.4) is 0 Å².